The lowest BCUT2D eigenvalue weighted by Gasteiger charge is -2.12. The molecule has 0 unspecified atom stereocenters. The summed E-state index contributed by atoms with van der Waals surface area (Å²) in [6.45, 7) is 4.39. The number of aryl methyl sites for hydroxylation is 1. The first kappa shape index (κ1) is 13.0. The third-order valence-electron chi connectivity index (χ3n) is 3.18. The van der Waals surface area contributed by atoms with E-state index in [-0.39, 0.29) is 0 Å². The Morgan fingerprint density at radius 1 is 1.21 bits per heavy atom. The predicted molar refractivity (Wildman–Crippen MR) is 75.8 cm³/mol. The molecule has 2 rings (SSSR count). The molecule has 19 heavy (non-hydrogen) atoms. The number of benzene rings is 2. The predicted octanol–water partition coefficient (Wildman–Crippen LogP) is 3.34. The number of nitrogens with zero attached hydrogens (tertiary/aromatic N) is 1. The minimum atomic E-state index is 0.474. The molecule has 0 saturated heterocycles. The maximum Gasteiger partial charge on any atom is 0.124 e. The summed E-state index contributed by atoms with van der Waals surface area (Å²) in [5, 5.41) is 8.83. The van der Waals surface area contributed by atoms with Gasteiger partial charge in [-0.25, -0.2) is 0 Å². The average molecular weight is 252 g/mol. The molecule has 0 aliphatic carbocycles. The van der Waals surface area contributed by atoms with E-state index in [9.17, 15) is 0 Å². The number of nitrogen functional groups attached to an aromatic ring is 1. The highest BCUT2D eigenvalue weighted by Gasteiger charge is 2.05. The molecule has 96 valence electrons. The monoisotopic (exact) mass is 252 g/mol. The zero-order valence-corrected chi connectivity index (χ0v) is 11.1. The van der Waals surface area contributed by atoms with Gasteiger partial charge >= 0.3 is 0 Å². The number of nitriles is 1. The number of ether oxygens (including phenoxy) is 1. The molecule has 2 aromatic carbocycles. The first-order valence-corrected chi connectivity index (χ1v) is 6.09. The van der Waals surface area contributed by atoms with Crippen molar-refractivity contribution in [2.45, 2.75) is 20.5 Å². The molecule has 0 aromatic heterocycles. The molecule has 0 spiro atoms. The summed E-state index contributed by atoms with van der Waals surface area (Å²) in [5.41, 5.74) is 10.3. The van der Waals surface area contributed by atoms with Gasteiger partial charge in [-0.3, -0.25) is 0 Å². The van der Waals surface area contributed by atoms with Gasteiger partial charge in [0.15, 0.2) is 0 Å². The van der Waals surface area contributed by atoms with Gasteiger partial charge in [0.2, 0.25) is 0 Å². The van der Waals surface area contributed by atoms with Crippen LogP contribution < -0.4 is 10.5 Å². The van der Waals surface area contributed by atoms with Crippen LogP contribution in [0.5, 0.6) is 5.75 Å². The summed E-state index contributed by atoms with van der Waals surface area (Å²) in [6.07, 6.45) is 0. The lowest BCUT2D eigenvalue weighted by Crippen LogP contribution is -2.01. The fourth-order valence-electron chi connectivity index (χ4n) is 1.87. The molecule has 0 aliphatic rings. The Kier molecular flexibility index (Phi) is 3.72. The fraction of sp³-hybridized carbons (Fsp3) is 0.188. The van der Waals surface area contributed by atoms with Crippen LogP contribution in [0.2, 0.25) is 0 Å². The van der Waals surface area contributed by atoms with Crippen LogP contribution in [0.3, 0.4) is 0 Å². The summed E-state index contributed by atoms with van der Waals surface area (Å²) >= 11 is 0. The summed E-state index contributed by atoms with van der Waals surface area (Å²) in [6, 6.07) is 13.4. The highest BCUT2D eigenvalue weighted by molar-refractivity contribution is 5.53. The minimum Gasteiger partial charge on any atom is -0.489 e. The molecular weight excluding hydrogens is 236 g/mol. The van der Waals surface area contributed by atoms with Gasteiger partial charge in [0.1, 0.15) is 12.4 Å². The smallest absolute Gasteiger partial charge is 0.124 e. The second-order valence-electron chi connectivity index (χ2n) is 4.51. The van der Waals surface area contributed by atoms with Gasteiger partial charge < -0.3 is 10.5 Å². The van der Waals surface area contributed by atoms with Crippen LogP contribution in [-0.2, 0) is 6.61 Å². The van der Waals surface area contributed by atoms with Crippen molar-refractivity contribution in [3.8, 4) is 11.8 Å². The maximum atomic E-state index is 8.83. The van der Waals surface area contributed by atoms with E-state index in [1.54, 1.807) is 6.07 Å². The standard InChI is InChI=1S/C16H16N2O/c1-11-8-13(9-17)6-7-14(11)10-19-16-5-3-4-15(18)12(16)2/h3-8H,10,18H2,1-2H3. The van der Waals surface area contributed by atoms with Crippen molar-refractivity contribution in [2.75, 3.05) is 5.73 Å². The number of hydrogen-bond donors (Lipinski definition) is 1. The summed E-state index contributed by atoms with van der Waals surface area (Å²) < 4.78 is 5.80. The Hall–Kier alpha value is -2.47. The molecule has 2 aromatic rings. The number of hydrogen-bond acceptors (Lipinski definition) is 3. The third kappa shape index (κ3) is 2.86. The molecule has 0 radical (unpaired) electrons. The highest BCUT2D eigenvalue weighted by atomic mass is 16.5. The van der Waals surface area contributed by atoms with Crippen molar-refractivity contribution in [1.29, 1.82) is 5.26 Å². The summed E-state index contributed by atoms with van der Waals surface area (Å²) in [4.78, 5) is 0. The Morgan fingerprint density at radius 2 is 2.00 bits per heavy atom. The molecule has 0 fully saturated rings. The third-order valence-corrected chi connectivity index (χ3v) is 3.18. The van der Waals surface area contributed by atoms with E-state index in [0.29, 0.717) is 12.2 Å². The van der Waals surface area contributed by atoms with Gasteiger partial charge in [-0.1, -0.05) is 12.1 Å². The van der Waals surface area contributed by atoms with Crippen LogP contribution >= 0.6 is 0 Å². The van der Waals surface area contributed by atoms with E-state index in [0.717, 1.165) is 28.1 Å². The van der Waals surface area contributed by atoms with E-state index >= 15 is 0 Å². The zero-order valence-electron chi connectivity index (χ0n) is 11.1. The lowest BCUT2D eigenvalue weighted by molar-refractivity contribution is 0.303. The van der Waals surface area contributed by atoms with Gasteiger partial charge in [-0.15, -0.1) is 0 Å². The molecule has 0 heterocycles. The molecule has 0 amide bonds. The van der Waals surface area contributed by atoms with Crippen molar-refractivity contribution >= 4 is 5.69 Å². The van der Waals surface area contributed by atoms with Gasteiger partial charge in [0.25, 0.3) is 0 Å². The molecule has 0 aliphatic heterocycles. The molecule has 2 N–H and O–H groups in total. The summed E-state index contributed by atoms with van der Waals surface area (Å²) in [5.74, 6) is 0.795. The number of nitrogens with two attached hydrogens (primary N) is 1. The van der Waals surface area contributed by atoms with Crippen LogP contribution in [0.25, 0.3) is 0 Å². The topological polar surface area (TPSA) is 59.0 Å². The Morgan fingerprint density at radius 3 is 2.68 bits per heavy atom. The van der Waals surface area contributed by atoms with Gasteiger partial charge in [0, 0.05) is 11.3 Å². The maximum absolute atomic E-state index is 8.83. The van der Waals surface area contributed by atoms with E-state index in [2.05, 4.69) is 6.07 Å². The number of anilines is 1. The van der Waals surface area contributed by atoms with Crippen LogP contribution in [0.4, 0.5) is 5.69 Å². The SMILES string of the molecule is Cc1cc(C#N)ccc1COc1cccc(N)c1C. The van der Waals surface area contributed by atoms with Crippen molar-refractivity contribution in [2.24, 2.45) is 0 Å². The second-order valence-corrected chi connectivity index (χ2v) is 4.51. The minimum absolute atomic E-state index is 0.474. The molecule has 3 heteroatoms. The first-order valence-electron chi connectivity index (χ1n) is 6.09. The highest BCUT2D eigenvalue weighted by Crippen LogP contribution is 2.24. The van der Waals surface area contributed by atoms with Crippen LogP contribution in [0.1, 0.15) is 22.3 Å². The Bertz CT molecular complexity index is 642. The Labute approximate surface area is 113 Å². The van der Waals surface area contributed by atoms with Crippen LogP contribution in [0, 0.1) is 25.2 Å². The van der Waals surface area contributed by atoms with E-state index < -0.39 is 0 Å². The first-order chi connectivity index (χ1) is 9.11. The molecule has 0 bridgehead atoms. The van der Waals surface area contributed by atoms with Gasteiger partial charge in [-0.2, -0.15) is 5.26 Å². The van der Waals surface area contributed by atoms with E-state index in [4.69, 9.17) is 15.7 Å². The van der Waals surface area contributed by atoms with E-state index in [1.807, 2.05) is 44.2 Å². The van der Waals surface area contributed by atoms with Crippen molar-refractivity contribution in [3.63, 3.8) is 0 Å². The van der Waals surface area contributed by atoms with E-state index in [1.165, 1.54) is 0 Å². The normalized spacial score (nSPS) is 9.95. The zero-order chi connectivity index (χ0) is 13.8. The van der Waals surface area contributed by atoms with Crippen molar-refractivity contribution in [3.05, 3.63) is 58.7 Å². The van der Waals surface area contributed by atoms with Crippen LogP contribution in [0.15, 0.2) is 36.4 Å². The Balaban J connectivity index is 2.15. The molecular formula is C16H16N2O. The van der Waals surface area contributed by atoms with Crippen LogP contribution in [-0.4, -0.2) is 0 Å². The average Bonchev–Trinajstić information content (AvgIpc) is 2.41. The molecule has 3 nitrogen and oxygen atoms in total. The van der Waals surface area contributed by atoms with Crippen molar-refractivity contribution in [1.82, 2.24) is 0 Å². The van der Waals surface area contributed by atoms with Gasteiger partial charge in [-0.05, 0) is 49.2 Å². The second kappa shape index (κ2) is 5.45. The fourth-order valence-corrected chi connectivity index (χ4v) is 1.87. The lowest BCUT2D eigenvalue weighted by atomic mass is 10.1. The van der Waals surface area contributed by atoms with Gasteiger partial charge in [0.05, 0.1) is 11.6 Å². The quantitative estimate of drug-likeness (QED) is 0.852. The summed E-state index contributed by atoms with van der Waals surface area (Å²) in [7, 11) is 0. The largest absolute Gasteiger partial charge is 0.489 e. The molecule has 0 atom stereocenters. The number of rotatable bonds is 3. The van der Waals surface area contributed by atoms with Crippen molar-refractivity contribution < 1.29 is 4.74 Å². The molecule has 0 saturated carbocycles.